The Morgan fingerprint density at radius 1 is 1.30 bits per heavy atom. The monoisotopic (exact) mass is 508 g/mol. The van der Waals surface area contributed by atoms with Crippen LogP contribution in [-0.2, 0) is 4.79 Å². The summed E-state index contributed by atoms with van der Waals surface area (Å²) in [6, 6.07) is 8.84. The molecule has 2 N–H and O–H groups in total. The Morgan fingerprint density at radius 3 is 2.77 bits per heavy atom. The topological polar surface area (TPSA) is 68.8 Å². The summed E-state index contributed by atoms with van der Waals surface area (Å²) < 4.78 is 16.9. The lowest BCUT2D eigenvalue weighted by molar-refractivity contribution is -0.116. The number of amides is 1. The van der Waals surface area contributed by atoms with Gasteiger partial charge < -0.3 is 24.8 Å². The Hall–Kier alpha value is -2.47. The Labute approximate surface area is 192 Å². The van der Waals surface area contributed by atoms with E-state index in [1.54, 1.807) is 37.5 Å². The van der Waals surface area contributed by atoms with Crippen LogP contribution in [0.2, 0.25) is 5.02 Å². The second-order valence-corrected chi connectivity index (χ2v) is 8.43. The SMILES string of the molecule is C#CCOc1c(Br)cc(/C=C2\SC(Nc3cc(Cl)ccc3OC)NC2=O)cc1OC. The average molecular weight is 510 g/mol. The number of terminal acetylenes is 1. The van der Waals surface area contributed by atoms with E-state index < -0.39 is 0 Å². The summed E-state index contributed by atoms with van der Waals surface area (Å²) in [7, 11) is 3.11. The number of carbonyl (C=O) groups excluding carboxylic acids is 1. The molecule has 1 aliphatic heterocycles. The lowest BCUT2D eigenvalue weighted by Gasteiger charge is -2.15. The van der Waals surface area contributed by atoms with Crippen molar-refractivity contribution in [2.24, 2.45) is 0 Å². The van der Waals surface area contributed by atoms with E-state index in [1.807, 2.05) is 6.07 Å². The van der Waals surface area contributed by atoms with Gasteiger partial charge >= 0.3 is 0 Å². The first-order chi connectivity index (χ1) is 14.4. The highest BCUT2D eigenvalue weighted by Crippen LogP contribution is 2.39. The van der Waals surface area contributed by atoms with Crippen molar-refractivity contribution in [2.45, 2.75) is 5.50 Å². The first kappa shape index (κ1) is 22.2. The van der Waals surface area contributed by atoms with Gasteiger partial charge in [0.2, 0.25) is 0 Å². The number of benzene rings is 2. The normalized spacial score (nSPS) is 16.7. The molecule has 156 valence electrons. The van der Waals surface area contributed by atoms with Crippen LogP contribution >= 0.6 is 39.3 Å². The predicted molar refractivity (Wildman–Crippen MR) is 124 cm³/mol. The number of carbonyl (C=O) groups is 1. The van der Waals surface area contributed by atoms with Crippen LogP contribution in [-0.4, -0.2) is 32.2 Å². The Kier molecular flexibility index (Phi) is 7.43. The van der Waals surface area contributed by atoms with Gasteiger partial charge in [-0.1, -0.05) is 29.3 Å². The van der Waals surface area contributed by atoms with Gasteiger partial charge in [0, 0.05) is 5.02 Å². The van der Waals surface area contributed by atoms with E-state index in [-0.39, 0.29) is 18.0 Å². The molecule has 0 spiro atoms. The molecule has 6 nitrogen and oxygen atoms in total. The Bertz CT molecular complexity index is 1040. The van der Waals surface area contributed by atoms with Crippen LogP contribution in [0, 0.1) is 12.3 Å². The van der Waals surface area contributed by atoms with Gasteiger partial charge in [-0.15, -0.1) is 6.42 Å². The van der Waals surface area contributed by atoms with E-state index >= 15 is 0 Å². The minimum atomic E-state index is -0.375. The van der Waals surface area contributed by atoms with Gasteiger partial charge in [-0.2, -0.15) is 0 Å². The maximum absolute atomic E-state index is 12.5. The second-order valence-electron chi connectivity index (χ2n) is 6.00. The molecule has 1 atom stereocenters. The van der Waals surface area contributed by atoms with Crippen molar-refractivity contribution >= 4 is 57.0 Å². The molecule has 0 aliphatic carbocycles. The predicted octanol–water partition coefficient (Wildman–Crippen LogP) is 4.73. The van der Waals surface area contributed by atoms with Crippen LogP contribution < -0.4 is 24.8 Å². The summed E-state index contributed by atoms with van der Waals surface area (Å²) in [5.41, 5.74) is 1.08. The summed E-state index contributed by atoms with van der Waals surface area (Å²) in [5, 5.41) is 6.67. The zero-order valence-electron chi connectivity index (χ0n) is 16.1. The minimum Gasteiger partial charge on any atom is -0.495 e. The van der Waals surface area contributed by atoms with E-state index in [1.165, 1.54) is 18.9 Å². The third kappa shape index (κ3) is 5.17. The first-order valence-electron chi connectivity index (χ1n) is 8.68. The number of hydrogen-bond acceptors (Lipinski definition) is 6. The van der Waals surface area contributed by atoms with Crippen LogP contribution in [0.15, 0.2) is 39.7 Å². The van der Waals surface area contributed by atoms with E-state index in [0.29, 0.717) is 37.3 Å². The van der Waals surface area contributed by atoms with Crippen LogP contribution in [0.25, 0.3) is 6.08 Å². The van der Waals surface area contributed by atoms with E-state index in [9.17, 15) is 4.79 Å². The van der Waals surface area contributed by atoms with Gasteiger partial charge in [0.1, 0.15) is 12.4 Å². The smallest absolute Gasteiger partial charge is 0.260 e. The standard InChI is InChI=1S/C21H18BrClN2O4S/c1-4-7-29-19-14(22)8-12(9-17(19)28-3)10-18-20(26)25-21(30-18)24-15-11-13(23)5-6-16(15)27-2/h1,5-6,8-11,21,24H,7H2,2-3H3,(H,25,26)/b18-10-. The molecule has 1 heterocycles. The van der Waals surface area contributed by atoms with Crippen LogP contribution in [0.1, 0.15) is 5.56 Å². The van der Waals surface area contributed by atoms with Crippen LogP contribution in [0.3, 0.4) is 0 Å². The third-order valence-corrected chi connectivity index (χ3v) is 5.88. The fraction of sp³-hybridized carbons (Fsp3) is 0.190. The largest absolute Gasteiger partial charge is 0.495 e. The molecule has 0 radical (unpaired) electrons. The maximum atomic E-state index is 12.5. The lowest BCUT2D eigenvalue weighted by Crippen LogP contribution is -2.31. The Balaban J connectivity index is 1.80. The Morgan fingerprint density at radius 2 is 2.07 bits per heavy atom. The summed E-state index contributed by atoms with van der Waals surface area (Å²) in [6.45, 7) is 0.119. The molecule has 0 saturated carbocycles. The molecule has 1 unspecified atom stereocenters. The molecule has 9 heteroatoms. The minimum absolute atomic E-state index is 0.119. The van der Waals surface area contributed by atoms with Crippen molar-refractivity contribution in [3.05, 3.63) is 50.3 Å². The molecule has 1 saturated heterocycles. The number of methoxy groups -OCH3 is 2. The number of nitrogens with one attached hydrogen (secondary N) is 2. The summed E-state index contributed by atoms with van der Waals surface area (Å²) in [6.07, 6.45) is 7.03. The van der Waals surface area contributed by atoms with Crippen molar-refractivity contribution in [3.63, 3.8) is 0 Å². The van der Waals surface area contributed by atoms with Crippen molar-refractivity contribution in [1.82, 2.24) is 5.32 Å². The summed E-state index contributed by atoms with van der Waals surface area (Å²) >= 11 is 10.9. The number of halogens is 2. The number of anilines is 1. The quantitative estimate of drug-likeness (QED) is 0.415. The zero-order valence-corrected chi connectivity index (χ0v) is 19.3. The summed E-state index contributed by atoms with van der Waals surface area (Å²) in [4.78, 5) is 13.0. The highest BCUT2D eigenvalue weighted by atomic mass is 79.9. The average Bonchev–Trinajstić information content (AvgIpc) is 3.05. The van der Waals surface area contributed by atoms with Gasteiger partial charge in [-0.3, -0.25) is 4.79 Å². The van der Waals surface area contributed by atoms with Gasteiger partial charge in [-0.05, 0) is 57.9 Å². The first-order valence-corrected chi connectivity index (χ1v) is 10.7. The van der Waals surface area contributed by atoms with Crippen molar-refractivity contribution in [3.8, 4) is 29.6 Å². The van der Waals surface area contributed by atoms with E-state index in [2.05, 4.69) is 32.5 Å². The second kappa shape index (κ2) is 10.0. The van der Waals surface area contributed by atoms with E-state index in [4.69, 9.17) is 32.2 Å². The number of hydrogen-bond donors (Lipinski definition) is 2. The molecular weight excluding hydrogens is 492 g/mol. The molecule has 2 aromatic carbocycles. The molecule has 30 heavy (non-hydrogen) atoms. The molecule has 0 bridgehead atoms. The number of thioether (sulfide) groups is 1. The number of ether oxygens (including phenoxy) is 3. The highest BCUT2D eigenvalue weighted by Gasteiger charge is 2.28. The zero-order chi connectivity index (χ0) is 21.7. The molecular formula is C21H18BrClN2O4S. The van der Waals surface area contributed by atoms with Crippen molar-refractivity contribution in [1.29, 1.82) is 0 Å². The van der Waals surface area contributed by atoms with Gasteiger partial charge in [0.05, 0.1) is 29.3 Å². The van der Waals surface area contributed by atoms with Gasteiger partial charge in [0.25, 0.3) is 5.91 Å². The number of rotatable bonds is 7. The molecule has 1 aliphatic rings. The fourth-order valence-corrected chi connectivity index (χ4v) is 4.45. The lowest BCUT2D eigenvalue weighted by atomic mass is 10.2. The van der Waals surface area contributed by atoms with Crippen LogP contribution in [0.4, 0.5) is 5.69 Å². The van der Waals surface area contributed by atoms with E-state index in [0.717, 1.165) is 5.56 Å². The van der Waals surface area contributed by atoms with Crippen molar-refractivity contribution in [2.75, 3.05) is 26.1 Å². The molecule has 0 aromatic heterocycles. The van der Waals surface area contributed by atoms with Crippen molar-refractivity contribution < 1.29 is 19.0 Å². The molecule has 2 aromatic rings. The summed E-state index contributed by atoms with van der Waals surface area (Å²) in [5.74, 6) is 3.87. The third-order valence-electron chi connectivity index (χ3n) is 4.03. The maximum Gasteiger partial charge on any atom is 0.260 e. The molecule has 3 rings (SSSR count). The van der Waals surface area contributed by atoms with Crippen LogP contribution in [0.5, 0.6) is 17.2 Å². The van der Waals surface area contributed by atoms with Gasteiger partial charge in [0.15, 0.2) is 17.0 Å². The van der Waals surface area contributed by atoms with Gasteiger partial charge in [-0.25, -0.2) is 0 Å². The molecule has 1 fully saturated rings. The molecule has 1 amide bonds. The highest BCUT2D eigenvalue weighted by molar-refractivity contribution is 9.10. The fourth-order valence-electron chi connectivity index (χ4n) is 2.73.